The van der Waals surface area contributed by atoms with Gasteiger partial charge in [-0.3, -0.25) is 23.2 Å². The highest BCUT2D eigenvalue weighted by atomic mass is 31.2. The molecule has 5 N–H and O–H groups in total. The van der Waals surface area contributed by atoms with Gasteiger partial charge >= 0.3 is 27.6 Å². The standard InChI is InChI=1S/C46H84O14P2/c1-41(2)33-29-25-21-17-13-9-7-8-12-16-20-24-28-32-36-46(50)60-44(40-59-62(54,55)58-38-43(48)37-57-61(51,52)53)39-56-45(49)35-31-27-23-19-15-11-6-4-5-10-14-18-22-26-30-34-42(3)47/h5-6,10-11,18-19,22-23,41-44,47-48H,4,7-9,12-17,20-21,24-40H2,1-3H3,(H,54,55)(H2,51,52,53)/b10-5-,11-6-,22-18-,23-19-/t42-,43+,44-/m1/s1. The third kappa shape index (κ3) is 46.0. The van der Waals surface area contributed by atoms with Gasteiger partial charge in [0.25, 0.3) is 0 Å². The number of hydrogen-bond donors (Lipinski definition) is 5. The van der Waals surface area contributed by atoms with Crippen molar-refractivity contribution in [2.75, 3.05) is 26.4 Å². The van der Waals surface area contributed by atoms with Gasteiger partial charge in [0, 0.05) is 12.8 Å². The van der Waals surface area contributed by atoms with Gasteiger partial charge in [-0.2, -0.15) is 0 Å². The predicted molar refractivity (Wildman–Crippen MR) is 245 cm³/mol. The van der Waals surface area contributed by atoms with E-state index >= 15 is 0 Å². The van der Waals surface area contributed by atoms with Crippen LogP contribution in [-0.4, -0.2) is 81.6 Å². The minimum Gasteiger partial charge on any atom is -0.462 e. The molecule has 0 amide bonds. The highest BCUT2D eigenvalue weighted by Gasteiger charge is 2.28. The fraction of sp³-hybridized carbons (Fsp3) is 0.783. The lowest BCUT2D eigenvalue weighted by Crippen LogP contribution is -2.30. The first-order chi connectivity index (χ1) is 29.6. The van der Waals surface area contributed by atoms with Crippen LogP contribution in [0.5, 0.6) is 0 Å². The van der Waals surface area contributed by atoms with Crippen LogP contribution in [0.1, 0.15) is 181 Å². The zero-order valence-electron chi connectivity index (χ0n) is 38.2. The van der Waals surface area contributed by atoms with Crippen molar-refractivity contribution < 1.29 is 66.7 Å². The summed E-state index contributed by atoms with van der Waals surface area (Å²) >= 11 is 0. The Hall–Kier alpha value is -1.96. The quantitative estimate of drug-likeness (QED) is 0.0166. The molecule has 362 valence electrons. The molecule has 0 aromatic rings. The molecule has 0 aliphatic rings. The molecule has 0 spiro atoms. The molecule has 0 saturated carbocycles. The molecular weight excluding hydrogens is 838 g/mol. The molecule has 0 heterocycles. The summed E-state index contributed by atoms with van der Waals surface area (Å²) in [6, 6.07) is 0. The molecule has 0 aliphatic heterocycles. The number of carbonyl (C=O) groups is 2. The number of allylic oxidation sites excluding steroid dienone is 8. The van der Waals surface area contributed by atoms with Crippen molar-refractivity contribution in [2.45, 2.75) is 200 Å². The lowest BCUT2D eigenvalue weighted by molar-refractivity contribution is -0.161. The SMILES string of the molecule is CC(C)CCCCCCCCCCCCCCCCC(=O)O[C@H](COC(=O)CCC/C=C\C/C=C\C/C=C\C/C=C\CCC[C@@H](C)O)COP(=O)(O)OC[C@@H](O)COP(=O)(O)O. The number of unbranched alkanes of at least 4 members (excludes halogenated alkanes) is 15. The fourth-order valence-electron chi connectivity index (χ4n) is 6.13. The highest BCUT2D eigenvalue weighted by Crippen LogP contribution is 2.43. The second-order valence-electron chi connectivity index (χ2n) is 16.4. The largest absolute Gasteiger partial charge is 0.472 e. The summed E-state index contributed by atoms with van der Waals surface area (Å²) in [4.78, 5) is 52.8. The summed E-state index contributed by atoms with van der Waals surface area (Å²) in [5.41, 5.74) is 0. The molecule has 0 fully saturated rings. The minimum absolute atomic E-state index is 0.107. The number of phosphoric ester groups is 2. The molecule has 0 radical (unpaired) electrons. The number of hydrogen-bond acceptors (Lipinski definition) is 11. The summed E-state index contributed by atoms with van der Waals surface area (Å²) < 4.78 is 47.8. The molecule has 0 rings (SSSR count). The van der Waals surface area contributed by atoms with Crippen molar-refractivity contribution in [1.29, 1.82) is 0 Å². The molecule has 16 heteroatoms. The molecule has 1 unspecified atom stereocenters. The zero-order valence-corrected chi connectivity index (χ0v) is 40.0. The topological polar surface area (TPSA) is 216 Å². The maximum absolute atomic E-state index is 12.7. The van der Waals surface area contributed by atoms with E-state index in [2.05, 4.69) is 59.4 Å². The molecule has 0 aromatic carbocycles. The Labute approximate surface area is 373 Å². The van der Waals surface area contributed by atoms with E-state index in [1.54, 1.807) is 6.92 Å². The van der Waals surface area contributed by atoms with Crippen LogP contribution in [0, 0.1) is 5.92 Å². The fourth-order valence-corrected chi connectivity index (χ4v) is 7.29. The van der Waals surface area contributed by atoms with E-state index in [1.165, 1.54) is 70.6 Å². The number of rotatable bonds is 43. The van der Waals surface area contributed by atoms with E-state index in [0.29, 0.717) is 19.3 Å². The number of carbonyl (C=O) groups excluding carboxylic acids is 2. The van der Waals surface area contributed by atoms with Gasteiger partial charge in [0.05, 0.1) is 25.9 Å². The summed E-state index contributed by atoms with van der Waals surface area (Å²) in [5.74, 6) is -0.307. The highest BCUT2D eigenvalue weighted by molar-refractivity contribution is 7.47. The van der Waals surface area contributed by atoms with Crippen LogP contribution >= 0.6 is 15.6 Å². The Morgan fingerprint density at radius 1 is 0.500 bits per heavy atom. The van der Waals surface area contributed by atoms with Crippen LogP contribution in [-0.2, 0) is 41.8 Å². The molecule has 62 heavy (non-hydrogen) atoms. The molecule has 0 bridgehead atoms. The first-order valence-electron chi connectivity index (χ1n) is 23.2. The van der Waals surface area contributed by atoms with Gasteiger partial charge in [-0.25, -0.2) is 9.13 Å². The number of aliphatic hydroxyl groups excluding tert-OH is 2. The molecule has 0 aliphatic carbocycles. The molecule has 14 nitrogen and oxygen atoms in total. The van der Waals surface area contributed by atoms with Crippen molar-refractivity contribution >= 4 is 27.6 Å². The lowest BCUT2D eigenvalue weighted by Gasteiger charge is -2.20. The number of aliphatic hydroxyl groups is 2. The van der Waals surface area contributed by atoms with Gasteiger partial charge in [-0.15, -0.1) is 0 Å². The van der Waals surface area contributed by atoms with Gasteiger partial charge in [-0.05, 0) is 70.6 Å². The Bertz CT molecular complexity index is 1310. The average Bonchev–Trinajstić information content (AvgIpc) is 3.20. The summed E-state index contributed by atoms with van der Waals surface area (Å²) in [6.45, 7) is 3.58. The van der Waals surface area contributed by atoms with Gasteiger partial charge in [0.2, 0.25) is 0 Å². The molecule has 0 saturated heterocycles. The Morgan fingerprint density at radius 3 is 1.44 bits per heavy atom. The lowest BCUT2D eigenvalue weighted by atomic mass is 10.0. The maximum Gasteiger partial charge on any atom is 0.472 e. The van der Waals surface area contributed by atoms with Crippen molar-refractivity contribution in [3.8, 4) is 0 Å². The van der Waals surface area contributed by atoms with E-state index in [9.17, 15) is 33.8 Å². The molecule has 4 atom stereocenters. The zero-order chi connectivity index (χ0) is 46.2. The monoisotopic (exact) mass is 923 g/mol. The van der Waals surface area contributed by atoms with E-state index in [0.717, 1.165) is 63.7 Å². The van der Waals surface area contributed by atoms with E-state index in [-0.39, 0.29) is 18.9 Å². The summed E-state index contributed by atoms with van der Waals surface area (Å²) in [5, 5.41) is 19.0. The van der Waals surface area contributed by atoms with Crippen molar-refractivity contribution in [3.05, 3.63) is 48.6 Å². The average molecular weight is 923 g/mol. The van der Waals surface area contributed by atoms with Gasteiger partial charge < -0.3 is 34.4 Å². The van der Waals surface area contributed by atoms with Crippen LogP contribution < -0.4 is 0 Å². The van der Waals surface area contributed by atoms with E-state index in [1.807, 2.05) is 12.2 Å². The number of esters is 2. The van der Waals surface area contributed by atoms with Crippen LogP contribution in [0.2, 0.25) is 0 Å². The van der Waals surface area contributed by atoms with Crippen molar-refractivity contribution in [3.63, 3.8) is 0 Å². The third-order valence-corrected chi connectivity index (χ3v) is 11.1. The maximum atomic E-state index is 12.7. The van der Waals surface area contributed by atoms with E-state index < -0.39 is 66.2 Å². The third-order valence-electron chi connectivity index (χ3n) is 9.66. The smallest absolute Gasteiger partial charge is 0.462 e. The van der Waals surface area contributed by atoms with Crippen molar-refractivity contribution in [2.24, 2.45) is 5.92 Å². The van der Waals surface area contributed by atoms with Crippen LogP contribution in [0.15, 0.2) is 48.6 Å². The second-order valence-corrected chi connectivity index (χ2v) is 19.1. The van der Waals surface area contributed by atoms with Gasteiger partial charge in [0.1, 0.15) is 12.7 Å². The van der Waals surface area contributed by atoms with Gasteiger partial charge in [-0.1, -0.05) is 152 Å². The first-order valence-corrected chi connectivity index (χ1v) is 26.2. The minimum atomic E-state index is -4.87. The van der Waals surface area contributed by atoms with E-state index in [4.69, 9.17) is 23.8 Å². The molecular formula is C46H84O14P2. The number of phosphoric acid groups is 2. The van der Waals surface area contributed by atoms with Crippen LogP contribution in [0.4, 0.5) is 0 Å². The first kappa shape index (κ1) is 60.0. The Kier molecular flexibility index (Phi) is 39.3. The second kappa shape index (κ2) is 40.5. The molecule has 0 aromatic heterocycles. The van der Waals surface area contributed by atoms with Crippen LogP contribution in [0.25, 0.3) is 0 Å². The summed E-state index contributed by atoms with van der Waals surface area (Å²) in [7, 11) is -9.70. The van der Waals surface area contributed by atoms with Crippen molar-refractivity contribution in [1.82, 2.24) is 0 Å². The summed E-state index contributed by atoms with van der Waals surface area (Å²) in [6.07, 6.45) is 38.1. The number of ether oxygens (including phenoxy) is 2. The Morgan fingerprint density at radius 2 is 0.935 bits per heavy atom. The normalized spacial score (nSPS) is 15.0. The van der Waals surface area contributed by atoms with Crippen LogP contribution in [0.3, 0.4) is 0 Å². The Balaban J connectivity index is 4.55. The van der Waals surface area contributed by atoms with Gasteiger partial charge in [0.15, 0.2) is 6.10 Å². The predicted octanol–water partition coefficient (Wildman–Crippen LogP) is 11.1.